The highest BCUT2D eigenvalue weighted by molar-refractivity contribution is 7.91. The number of aryl methyl sites for hydroxylation is 1. The van der Waals surface area contributed by atoms with Crippen LogP contribution in [0.5, 0.6) is 0 Å². The maximum atomic E-state index is 11.9. The molecular weight excluding hydrogens is 344 g/mol. The van der Waals surface area contributed by atoms with Crippen LogP contribution in [0.2, 0.25) is 0 Å². The van der Waals surface area contributed by atoms with Crippen molar-refractivity contribution in [1.29, 1.82) is 0 Å². The Bertz CT molecular complexity index is 799. The molecule has 128 valence electrons. The molecule has 3 rings (SSSR count). The van der Waals surface area contributed by atoms with E-state index >= 15 is 0 Å². The summed E-state index contributed by atoms with van der Waals surface area (Å²) in [6.07, 6.45) is 2.19. The van der Waals surface area contributed by atoms with Crippen molar-refractivity contribution in [3.05, 3.63) is 54.0 Å². The van der Waals surface area contributed by atoms with Gasteiger partial charge in [-0.3, -0.25) is 0 Å². The number of nitrogens with zero attached hydrogens (tertiary/aromatic N) is 1. The van der Waals surface area contributed by atoms with Crippen molar-refractivity contribution in [1.82, 2.24) is 4.90 Å². The van der Waals surface area contributed by atoms with Crippen LogP contribution < -0.4 is 5.32 Å². The third-order valence-electron chi connectivity index (χ3n) is 4.12. The molecule has 1 N–H and O–H groups in total. The first-order chi connectivity index (χ1) is 11.4. The van der Waals surface area contributed by atoms with Gasteiger partial charge in [0.2, 0.25) is 0 Å². The van der Waals surface area contributed by atoms with Crippen LogP contribution in [0.3, 0.4) is 0 Å². The Labute approximate surface area is 147 Å². The number of hydrogen-bond donors (Lipinski definition) is 1. The third kappa shape index (κ3) is 4.15. The zero-order chi connectivity index (χ0) is 17.2. The number of benzene rings is 1. The van der Waals surface area contributed by atoms with E-state index in [4.69, 9.17) is 16.6 Å². The van der Waals surface area contributed by atoms with E-state index in [1.165, 1.54) is 5.56 Å². The molecule has 7 heteroatoms. The van der Waals surface area contributed by atoms with Crippen molar-refractivity contribution in [3.8, 4) is 0 Å². The van der Waals surface area contributed by atoms with Gasteiger partial charge in [0.05, 0.1) is 24.3 Å². The number of thiocarbonyl (C=S) groups is 1. The second-order valence-corrected chi connectivity index (χ2v) is 8.68. The molecule has 2 aromatic rings. The smallest absolute Gasteiger partial charge is 0.174 e. The van der Waals surface area contributed by atoms with Gasteiger partial charge in [-0.15, -0.1) is 0 Å². The van der Waals surface area contributed by atoms with Gasteiger partial charge >= 0.3 is 0 Å². The fourth-order valence-electron chi connectivity index (χ4n) is 2.79. The second kappa shape index (κ2) is 6.94. The van der Waals surface area contributed by atoms with Crippen molar-refractivity contribution in [2.24, 2.45) is 0 Å². The Kier molecular flexibility index (Phi) is 4.91. The summed E-state index contributed by atoms with van der Waals surface area (Å²) in [5.74, 6) is 1.09. The Morgan fingerprint density at radius 2 is 2.08 bits per heavy atom. The zero-order valence-corrected chi connectivity index (χ0v) is 15.1. The molecule has 1 saturated heterocycles. The van der Waals surface area contributed by atoms with Crippen LogP contribution in [0.4, 0.5) is 5.69 Å². The van der Waals surface area contributed by atoms with Crippen molar-refractivity contribution < 1.29 is 12.8 Å². The standard InChI is InChI=1S/C17H20N2O3S2/c1-13-4-6-14(7-5-13)18-17(23)19(11-16-3-2-9-22-16)15-8-10-24(20,21)12-15/h2-7,9,15H,8,10-12H2,1H3,(H,18,23)/t15-/m1/s1. The van der Waals surface area contributed by atoms with Crippen LogP contribution in [0.1, 0.15) is 17.7 Å². The van der Waals surface area contributed by atoms with E-state index in [9.17, 15) is 8.42 Å². The quantitative estimate of drug-likeness (QED) is 0.842. The van der Waals surface area contributed by atoms with Crippen LogP contribution in [0.15, 0.2) is 47.1 Å². The molecule has 0 aliphatic carbocycles. The summed E-state index contributed by atoms with van der Waals surface area (Å²) in [5.41, 5.74) is 2.05. The normalized spacial score (nSPS) is 19.1. The summed E-state index contributed by atoms with van der Waals surface area (Å²) in [6, 6.07) is 11.5. The van der Waals surface area contributed by atoms with Crippen molar-refractivity contribution in [2.45, 2.75) is 25.9 Å². The molecule has 1 aliphatic rings. The number of nitrogens with one attached hydrogen (secondary N) is 1. The average molecular weight is 364 g/mol. The Balaban J connectivity index is 1.78. The number of anilines is 1. The monoisotopic (exact) mass is 364 g/mol. The highest BCUT2D eigenvalue weighted by Crippen LogP contribution is 2.22. The first-order valence-electron chi connectivity index (χ1n) is 7.80. The maximum Gasteiger partial charge on any atom is 0.174 e. The summed E-state index contributed by atoms with van der Waals surface area (Å²) >= 11 is 5.55. The van der Waals surface area contributed by atoms with Crippen molar-refractivity contribution >= 4 is 32.9 Å². The summed E-state index contributed by atoms with van der Waals surface area (Å²) in [4.78, 5) is 1.92. The summed E-state index contributed by atoms with van der Waals surface area (Å²) < 4.78 is 29.1. The lowest BCUT2D eigenvalue weighted by molar-refractivity contribution is 0.302. The Morgan fingerprint density at radius 3 is 2.67 bits per heavy atom. The summed E-state index contributed by atoms with van der Waals surface area (Å²) in [7, 11) is -2.99. The lowest BCUT2D eigenvalue weighted by atomic mass is 10.2. The summed E-state index contributed by atoms with van der Waals surface area (Å²) in [5, 5.41) is 3.72. The number of rotatable bonds is 4. The minimum absolute atomic E-state index is 0.128. The molecule has 1 aromatic heterocycles. The fourth-order valence-corrected chi connectivity index (χ4v) is 4.85. The molecule has 5 nitrogen and oxygen atoms in total. The molecule has 1 aromatic carbocycles. The predicted molar refractivity (Wildman–Crippen MR) is 98.7 cm³/mol. The van der Waals surface area contributed by atoms with Crippen LogP contribution >= 0.6 is 12.2 Å². The van der Waals surface area contributed by atoms with Crippen molar-refractivity contribution in [2.75, 3.05) is 16.8 Å². The number of furan rings is 1. The van der Waals surface area contributed by atoms with Crippen molar-refractivity contribution in [3.63, 3.8) is 0 Å². The van der Waals surface area contributed by atoms with Gasteiger partial charge in [-0.2, -0.15) is 0 Å². The van der Waals surface area contributed by atoms with Gasteiger partial charge in [-0.1, -0.05) is 17.7 Å². The Morgan fingerprint density at radius 1 is 1.33 bits per heavy atom. The number of sulfone groups is 1. The molecule has 0 radical (unpaired) electrons. The topological polar surface area (TPSA) is 62.6 Å². The SMILES string of the molecule is Cc1ccc(NC(=S)N(Cc2ccco2)[C@@H]2CCS(=O)(=O)C2)cc1. The molecule has 24 heavy (non-hydrogen) atoms. The highest BCUT2D eigenvalue weighted by Gasteiger charge is 2.34. The molecule has 0 unspecified atom stereocenters. The van der Waals surface area contributed by atoms with Crippen LogP contribution in [-0.4, -0.2) is 36.0 Å². The van der Waals surface area contributed by atoms with E-state index < -0.39 is 9.84 Å². The van der Waals surface area contributed by atoms with Gasteiger partial charge in [0.25, 0.3) is 0 Å². The van der Waals surface area contributed by atoms with E-state index in [0.717, 1.165) is 11.4 Å². The van der Waals surface area contributed by atoms with Gasteiger partial charge in [-0.05, 0) is 49.8 Å². The Hall–Kier alpha value is -1.86. The molecule has 0 spiro atoms. The lowest BCUT2D eigenvalue weighted by Gasteiger charge is -2.30. The van der Waals surface area contributed by atoms with Gasteiger partial charge in [-0.25, -0.2) is 8.42 Å². The van der Waals surface area contributed by atoms with Gasteiger partial charge in [0.1, 0.15) is 5.76 Å². The van der Waals surface area contributed by atoms with E-state index in [-0.39, 0.29) is 17.5 Å². The van der Waals surface area contributed by atoms with E-state index in [2.05, 4.69) is 5.32 Å². The molecule has 0 bridgehead atoms. The van der Waals surface area contributed by atoms with Gasteiger partial charge in [0, 0.05) is 11.7 Å². The number of hydrogen-bond acceptors (Lipinski definition) is 4. The first-order valence-corrected chi connectivity index (χ1v) is 10.0. The lowest BCUT2D eigenvalue weighted by Crippen LogP contribution is -2.42. The van der Waals surface area contributed by atoms with E-state index in [0.29, 0.717) is 18.1 Å². The average Bonchev–Trinajstić information content (AvgIpc) is 3.16. The molecule has 0 saturated carbocycles. The van der Waals surface area contributed by atoms with E-state index in [1.54, 1.807) is 6.26 Å². The summed E-state index contributed by atoms with van der Waals surface area (Å²) in [6.45, 7) is 2.47. The molecule has 1 atom stereocenters. The molecular formula is C17H20N2O3S2. The van der Waals surface area contributed by atoms with Crippen LogP contribution in [0, 0.1) is 6.92 Å². The molecule has 1 aliphatic heterocycles. The fraction of sp³-hybridized carbons (Fsp3) is 0.353. The zero-order valence-electron chi connectivity index (χ0n) is 13.4. The largest absolute Gasteiger partial charge is 0.467 e. The highest BCUT2D eigenvalue weighted by atomic mass is 32.2. The van der Waals surface area contributed by atoms with Crippen LogP contribution in [-0.2, 0) is 16.4 Å². The van der Waals surface area contributed by atoms with E-state index in [1.807, 2.05) is 48.2 Å². The maximum absolute atomic E-state index is 11.9. The first kappa shape index (κ1) is 17.0. The molecule has 2 heterocycles. The van der Waals surface area contributed by atoms with Gasteiger partial charge in [0.15, 0.2) is 14.9 Å². The predicted octanol–water partition coefficient (Wildman–Crippen LogP) is 2.97. The van der Waals surface area contributed by atoms with Gasteiger partial charge < -0.3 is 14.6 Å². The minimum Gasteiger partial charge on any atom is -0.467 e. The third-order valence-corrected chi connectivity index (χ3v) is 6.21. The van der Waals surface area contributed by atoms with Crippen LogP contribution in [0.25, 0.3) is 0 Å². The molecule has 0 amide bonds. The molecule has 1 fully saturated rings. The second-order valence-electron chi connectivity index (χ2n) is 6.06. The minimum atomic E-state index is -2.99.